The number of ether oxygens (including phenoxy) is 1. The zero-order valence-electron chi connectivity index (χ0n) is 15.9. The van der Waals surface area contributed by atoms with E-state index < -0.39 is 0 Å². The van der Waals surface area contributed by atoms with Crippen molar-refractivity contribution in [2.24, 2.45) is 10.9 Å². The van der Waals surface area contributed by atoms with Crippen molar-refractivity contribution in [2.45, 2.75) is 25.8 Å². The fraction of sp³-hybridized carbons (Fsp3) is 0.476. The Hall–Kier alpha value is -1.79. The Kier molecular flexibility index (Phi) is 7.78. The van der Waals surface area contributed by atoms with Crippen LogP contribution in [0.5, 0.6) is 0 Å². The lowest BCUT2D eigenvalue weighted by molar-refractivity contribution is 0.0610. The fourth-order valence-electron chi connectivity index (χ4n) is 3.22. The molecule has 0 spiro atoms. The molecule has 1 aromatic heterocycles. The van der Waals surface area contributed by atoms with Gasteiger partial charge >= 0.3 is 0 Å². The van der Waals surface area contributed by atoms with Crippen LogP contribution in [0.1, 0.15) is 24.2 Å². The molecule has 5 nitrogen and oxygen atoms in total. The third-order valence-electron chi connectivity index (χ3n) is 4.79. The van der Waals surface area contributed by atoms with Crippen LogP contribution in [0.25, 0.3) is 0 Å². The number of nitrogens with zero attached hydrogens (tertiary/aromatic N) is 2. The van der Waals surface area contributed by atoms with E-state index in [0.717, 1.165) is 61.8 Å². The van der Waals surface area contributed by atoms with Gasteiger partial charge in [0.1, 0.15) is 5.76 Å². The first kappa shape index (κ1) is 20.0. The smallest absolute Gasteiger partial charge is 0.194 e. The van der Waals surface area contributed by atoms with Crippen molar-refractivity contribution < 1.29 is 9.15 Å². The van der Waals surface area contributed by atoms with Crippen LogP contribution in [0, 0.1) is 5.92 Å². The molecule has 0 atom stereocenters. The highest BCUT2D eigenvalue weighted by Crippen LogP contribution is 2.16. The van der Waals surface area contributed by atoms with Gasteiger partial charge < -0.3 is 19.4 Å². The van der Waals surface area contributed by atoms with E-state index in [1.165, 1.54) is 5.56 Å². The van der Waals surface area contributed by atoms with Crippen LogP contribution in [0.4, 0.5) is 0 Å². The summed E-state index contributed by atoms with van der Waals surface area (Å²) >= 11 is 3.48. The molecule has 1 aromatic carbocycles. The van der Waals surface area contributed by atoms with Gasteiger partial charge in [0.05, 0.1) is 12.8 Å². The van der Waals surface area contributed by atoms with E-state index in [9.17, 15) is 0 Å². The molecule has 0 amide bonds. The van der Waals surface area contributed by atoms with Gasteiger partial charge in [-0.3, -0.25) is 0 Å². The zero-order valence-corrected chi connectivity index (χ0v) is 17.5. The number of nitrogens with one attached hydrogen (secondary N) is 1. The Labute approximate surface area is 169 Å². The summed E-state index contributed by atoms with van der Waals surface area (Å²) in [6.45, 7) is 4.20. The number of hydrogen-bond donors (Lipinski definition) is 1. The SMILES string of the molecule is CN(CC1CCOCC1)C(=NCc1ccc(Br)cc1)NCCc1ccco1. The normalized spacial score (nSPS) is 15.7. The maximum absolute atomic E-state index is 5.48. The molecule has 1 saturated heterocycles. The Balaban J connectivity index is 1.60. The van der Waals surface area contributed by atoms with E-state index in [-0.39, 0.29) is 0 Å². The van der Waals surface area contributed by atoms with Gasteiger partial charge in [0.2, 0.25) is 0 Å². The van der Waals surface area contributed by atoms with Crippen LogP contribution in [-0.2, 0) is 17.7 Å². The number of aliphatic imine (C=N–C) groups is 1. The van der Waals surface area contributed by atoms with E-state index in [1.54, 1.807) is 6.26 Å². The average molecular weight is 434 g/mol. The molecule has 2 heterocycles. The van der Waals surface area contributed by atoms with E-state index in [0.29, 0.717) is 12.5 Å². The van der Waals surface area contributed by atoms with Gasteiger partial charge in [0.15, 0.2) is 5.96 Å². The Morgan fingerprint density at radius 2 is 2.00 bits per heavy atom. The van der Waals surface area contributed by atoms with E-state index >= 15 is 0 Å². The first-order valence-electron chi connectivity index (χ1n) is 9.55. The van der Waals surface area contributed by atoms with E-state index in [4.69, 9.17) is 14.1 Å². The highest BCUT2D eigenvalue weighted by molar-refractivity contribution is 9.10. The maximum atomic E-state index is 5.48. The van der Waals surface area contributed by atoms with E-state index in [1.807, 2.05) is 12.1 Å². The average Bonchev–Trinajstić information content (AvgIpc) is 3.20. The number of guanidine groups is 1. The predicted molar refractivity (Wildman–Crippen MR) is 112 cm³/mol. The van der Waals surface area contributed by atoms with Crippen molar-refractivity contribution in [3.05, 3.63) is 58.5 Å². The summed E-state index contributed by atoms with van der Waals surface area (Å²) in [5.41, 5.74) is 1.20. The monoisotopic (exact) mass is 433 g/mol. The van der Waals surface area contributed by atoms with Crippen LogP contribution >= 0.6 is 15.9 Å². The van der Waals surface area contributed by atoms with Crippen LogP contribution in [0.3, 0.4) is 0 Å². The van der Waals surface area contributed by atoms with Crippen LogP contribution < -0.4 is 5.32 Å². The third kappa shape index (κ3) is 6.70. The Bertz CT molecular complexity index is 695. The second-order valence-corrected chi connectivity index (χ2v) is 7.87. The fourth-order valence-corrected chi connectivity index (χ4v) is 3.49. The molecule has 1 aliphatic rings. The van der Waals surface area contributed by atoms with Gasteiger partial charge in [-0.05, 0) is 48.6 Å². The predicted octanol–water partition coefficient (Wildman–Crippen LogP) is 4.09. The lowest BCUT2D eigenvalue weighted by Crippen LogP contribution is -2.43. The van der Waals surface area contributed by atoms with Gasteiger partial charge in [-0.25, -0.2) is 4.99 Å². The molecule has 0 aliphatic carbocycles. The lowest BCUT2D eigenvalue weighted by Gasteiger charge is -2.29. The van der Waals surface area contributed by atoms with Crippen LogP contribution in [0.2, 0.25) is 0 Å². The molecule has 1 fully saturated rings. The summed E-state index contributed by atoms with van der Waals surface area (Å²) in [4.78, 5) is 7.11. The lowest BCUT2D eigenvalue weighted by atomic mass is 10.00. The van der Waals surface area contributed by atoms with E-state index in [2.05, 4.69) is 57.5 Å². The van der Waals surface area contributed by atoms with Gasteiger partial charge in [-0.1, -0.05) is 28.1 Å². The summed E-state index contributed by atoms with van der Waals surface area (Å²) in [5, 5.41) is 3.50. The molecule has 1 N–H and O–H groups in total. The number of hydrogen-bond acceptors (Lipinski definition) is 3. The Morgan fingerprint density at radius 3 is 2.70 bits per heavy atom. The molecular formula is C21H28BrN3O2. The first-order chi connectivity index (χ1) is 13.2. The van der Waals surface area contributed by atoms with Crippen molar-refractivity contribution in [1.82, 2.24) is 10.2 Å². The second-order valence-electron chi connectivity index (χ2n) is 6.96. The minimum Gasteiger partial charge on any atom is -0.469 e. The van der Waals surface area contributed by atoms with Crippen molar-refractivity contribution in [1.29, 1.82) is 0 Å². The third-order valence-corrected chi connectivity index (χ3v) is 5.32. The number of halogens is 1. The van der Waals surface area contributed by atoms with Crippen LogP contribution in [0.15, 0.2) is 56.5 Å². The van der Waals surface area contributed by atoms with Crippen molar-refractivity contribution in [3.63, 3.8) is 0 Å². The molecule has 0 radical (unpaired) electrons. The molecule has 0 saturated carbocycles. The summed E-state index contributed by atoms with van der Waals surface area (Å²) in [6, 6.07) is 12.3. The number of rotatable bonds is 7. The van der Waals surface area contributed by atoms with Crippen LogP contribution in [-0.4, -0.2) is 44.2 Å². The van der Waals surface area contributed by atoms with Gasteiger partial charge in [0, 0.05) is 44.2 Å². The molecular weight excluding hydrogens is 406 g/mol. The standard InChI is InChI=1S/C21H28BrN3O2/c1-25(16-18-9-13-26-14-10-18)21(23-11-8-20-3-2-12-27-20)24-15-17-4-6-19(22)7-5-17/h2-7,12,18H,8-11,13-16H2,1H3,(H,23,24). The minimum atomic E-state index is 0.661. The second kappa shape index (κ2) is 10.5. The van der Waals surface area contributed by atoms with Crippen molar-refractivity contribution in [2.75, 3.05) is 33.4 Å². The molecule has 0 unspecified atom stereocenters. The minimum absolute atomic E-state index is 0.661. The van der Waals surface area contributed by atoms with Crippen molar-refractivity contribution in [3.8, 4) is 0 Å². The largest absolute Gasteiger partial charge is 0.469 e. The number of furan rings is 1. The maximum Gasteiger partial charge on any atom is 0.194 e. The molecule has 146 valence electrons. The summed E-state index contributed by atoms with van der Waals surface area (Å²) in [6.07, 6.45) is 4.80. The molecule has 6 heteroatoms. The summed E-state index contributed by atoms with van der Waals surface area (Å²) in [5.74, 6) is 2.59. The zero-order chi connectivity index (χ0) is 18.9. The topological polar surface area (TPSA) is 50.0 Å². The summed E-state index contributed by atoms with van der Waals surface area (Å²) < 4.78 is 12.0. The molecule has 2 aromatic rings. The number of benzene rings is 1. The molecule has 27 heavy (non-hydrogen) atoms. The highest BCUT2D eigenvalue weighted by atomic mass is 79.9. The quantitative estimate of drug-likeness (QED) is 0.527. The molecule has 0 bridgehead atoms. The van der Waals surface area contributed by atoms with Gasteiger partial charge in [-0.2, -0.15) is 0 Å². The highest BCUT2D eigenvalue weighted by Gasteiger charge is 2.17. The molecule has 1 aliphatic heterocycles. The first-order valence-corrected chi connectivity index (χ1v) is 10.3. The van der Waals surface area contributed by atoms with Gasteiger partial charge in [-0.15, -0.1) is 0 Å². The van der Waals surface area contributed by atoms with Gasteiger partial charge in [0.25, 0.3) is 0 Å². The molecule has 3 rings (SSSR count). The Morgan fingerprint density at radius 1 is 1.22 bits per heavy atom. The van der Waals surface area contributed by atoms with Crippen molar-refractivity contribution >= 4 is 21.9 Å². The summed E-state index contributed by atoms with van der Waals surface area (Å²) in [7, 11) is 2.12.